The van der Waals surface area contributed by atoms with Gasteiger partial charge < -0.3 is 9.47 Å². The Morgan fingerprint density at radius 3 is 2.13 bits per heavy atom. The highest BCUT2D eigenvalue weighted by Crippen LogP contribution is 2.55. The van der Waals surface area contributed by atoms with Crippen LogP contribution in [0, 0.1) is 13.8 Å². The van der Waals surface area contributed by atoms with Crippen molar-refractivity contribution in [2.24, 2.45) is 0 Å². The van der Waals surface area contributed by atoms with Crippen molar-refractivity contribution in [3.63, 3.8) is 0 Å². The molecule has 9 rings (SSSR count). The lowest BCUT2D eigenvalue weighted by Crippen LogP contribution is -2.40. The van der Waals surface area contributed by atoms with E-state index in [1.165, 1.54) is 72.3 Å². The minimum atomic E-state index is -0.178. The van der Waals surface area contributed by atoms with Gasteiger partial charge in [-0.25, -0.2) is 0 Å². The van der Waals surface area contributed by atoms with Crippen molar-refractivity contribution in [1.82, 2.24) is 14.5 Å². The number of benzene rings is 4. The summed E-state index contributed by atoms with van der Waals surface area (Å²) in [5.74, 6) is 0. The van der Waals surface area contributed by atoms with Gasteiger partial charge in [0.25, 0.3) is 0 Å². The lowest BCUT2D eigenvalue weighted by molar-refractivity contribution is 0.608. The molecule has 0 amide bonds. The molecule has 0 saturated heterocycles. The highest BCUT2D eigenvalue weighted by molar-refractivity contribution is 6.10. The molecule has 1 atom stereocenters. The number of para-hydroxylation sites is 2. The van der Waals surface area contributed by atoms with Crippen LogP contribution in [0.3, 0.4) is 0 Å². The van der Waals surface area contributed by atoms with Crippen molar-refractivity contribution in [1.29, 1.82) is 0 Å². The first-order valence-corrected chi connectivity index (χ1v) is 16.3. The van der Waals surface area contributed by atoms with Crippen molar-refractivity contribution >= 4 is 44.3 Å². The molecule has 0 saturated carbocycles. The Morgan fingerprint density at radius 2 is 1.32 bits per heavy atom. The Bertz CT molecular complexity index is 2420. The van der Waals surface area contributed by atoms with Gasteiger partial charge in [0, 0.05) is 52.5 Å². The molecular weight excluding hydrogens is 573 g/mol. The fraction of sp³-hybridized carbons (Fsp3) is 0.116. The largest absolute Gasteiger partial charge is 0.330 e. The molecule has 3 aromatic heterocycles. The molecular formula is C43H34N4. The van der Waals surface area contributed by atoms with Gasteiger partial charge in [-0.2, -0.15) is 0 Å². The van der Waals surface area contributed by atoms with Crippen LogP contribution in [0.15, 0.2) is 140 Å². The number of fused-ring (bicyclic) bond motifs is 6. The summed E-state index contributed by atoms with van der Waals surface area (Å²) >= 11 is 0. The SMILES string of the molecule is Cc1cc(-c2ccc3c(c2)c2cnccc2n3-c2ccccc2)c(C)cc1C1=CCC2(C)C(=C1)c1cnccc1N2c1ccccc1. The first-order chi connectivity index (χ1) is 23.0. The monoisotopic (exact) mass is 606 g/mol. The van der Waals surface area contributed by atoms with Gasteiger partial charge in [-0.05, 0) is 121 Å². The van der Waals surface area contributed by atoms with E-state index in [1.807, 2.05) is 24.8 Å². The third kappa shape index (κ3) is 4.14. The van der Waals surface area contributed by atoms with Crippen LogP contribution < -0.4 is 4.90 Å². The molecule has 7 aromatic rings. The maximum Gasteiger partial charge on any atom is 0.0716 e. The summed E-state index contributed by atoms with van der Waals surface area (Å²) in [6.07, 6.45) is 13.6. The number of nitrogens with zero attached hydrogens (tertiary/aromatic N) is 4. The minimum absolute atomic E-state index is 0.178. The molecule has 0 spiro atoms. The number of aryl methyl sites for hydroxylation is 2. The van der Waals surface area contributed by atoms with Crippen molar-refractivity contribution < 1.29 is 0 Å². The van der Waals surface area contributed by atoms with Gasteiger partial charge in [-0.1, -0.05) is 60.7 Å². The van der Waals surface area contributed by atoms with Crippen LogP contribution in [-0.2, 0) is 0 Å². The topological polar surface area (TPSA) is 34.0 Å². The van der Waals surface area contributed by atoms with E-state index < -0.39 is 0 Å². The predicted octanol–water partition coefficient (Wildman–Crippen LogP) is 10.6. The number of rotatable bonds is 4. The van der Waals surface area contributed by atoms with Crippen LogP contribution in [-0.4, -0.2) is 20.1 Å². The molecule has 47 heavy (non-hydrogen) atoms. The lowest BCUT2D eigenvalue weighted by atomic mass is 9.79. The van der Waals surface area contributed by atoms with Crippen LogP contribution in [0.4, 0.5) is 11.4 Å². The Kier molecular flexibility index (Phi) is 6.10. The van der Waals surface area contributed by atoms with E-state index in [2.05, 4.69) is 155 Å². The number of aromatic nitrogens is 3. The summed E-state index contributed by atoms with van der Waals surface area (Å²) in [6, 6.07) is 37.2. The van der Waals surface area contributed by atoms with Gasteiger partial charge in [0.2, 0.25) is 0 Å². The zero-order chi connectivity index (χ0) is 31.7. The minimum Gasteiger partial charge on any atom is -0.330 e. The van der Waals surface area contributed by atoms with E-state index in [9.17, 15) is 0 Å². The van der Waals surface area contributed by atoms with Crippen LogP contribution in [0.5, 0.6) is 0 Å². The summed E-state index contributed by atoms with van der Waals surface area (Å²) in [7, 11) is 0. The molecule has 0 radical (unpaired) electrons. The van der Waals surface area contributed by atoms with Crippen molar-refractivity contribution in [2.75, 3.05) is 4.90 Å². The average Bonchev–Trinajstić information content (AvgIpc) is 3.58. The Hall–Kier alpha value is -5.74. The zero-order valence-electron chi connectivity index (χ0n) is 26.8. The van der Waals surface area contributed by atoms with Gasteiger partial charge in [0.1, 0.15) is 0 Å². The predicted molar refractivity (Wildman–Crippen MR) is 195 cm³/mol. The number of pyridine rings is 2. The van der Waals surface area contributed by atoms with Gasteiger partial charge in [-0.3, -0.25) is 9.97 Å². The van der Waals surface area contributed by atoms with Crippen molar-refractivity contribution in [3.8, 4) is 16.8 Å². The van der Waals surface area contributed by atoms with Crippen LogP contribution in [0.1, 0.15) is 35.6 Å². The van der Waals surface area contributed by atoms with E-state index in [1.54, 1.807) is 0 Å². The molecule has 0 bridgehead atoms. The number of allylic oxidation sites excluding steroid dienone is 2. The maximum atomic E-state index is 4.55. The van der Waals surface area contributed by atoms with Crippen molar-refractivity contribution in [3.05, 3.63) is 162 Å². The normalized spacial score (nSPS) is 17.0. The van der Waals surface area contributed by atoms with E-state index in [0.29, 0.717) is 0 Å². The smallest absolute Gasteiger partial charge is 0.0716 e. The lowest BCUT2D eigenvalue weighted by Gasteiger charge is -2.39. The highest BCUT2D eigenvalue weighted by atomic mass is 15.2. The molecule has 0 fully saturated rings. The molecule has 226 valence electrons. The van der Waals surface area contributed by atoms with Gasteiger partial charge in [-0.15, -0.1) is 0 Å². The quantitative estimate of drug-likeness (QED) is 0.200. The maximum absolute atomic E-state index is 4.55. The van der Waals surface area contributed by atoms with Crippen LogP contribution >= 0.6 is 0 Å². The van der Waals surface area contributed by atoms with Gasteiger partial charge >= 0.3 is 0 Å². The molecule has 1 aliphatic carbocycles. The second-order valence-corrected chi connectivity index (χ2v) is 13.0. The second-order valence-electron chi connectivity index (χ2n) is 13.0. The van der Waals surface area contributed by atoms with E-state index >= 15 is 0 Å². The number of hydrogen-bond acceptors (Lipinski definition) is 3. The third-order valence-electron chi connectivity index (χ3n) is 10.2. The van der Waals surface area contributed by atoms with Crippen molar-refractivity contribution in [2.45, 2.75) is 32.7 Å². The third-order valence-corrected chi connectivity index (χ3v) is 10.2. The molecule has 1 unspecified atom stereocenters. The Labute approximate surface area is 275 Å². The molecule has 4 heterocycles. The van der Waals surface area contributed by atoms with Crippen LogP contribution in [0.2, 0.25) is 0 Å². The van der Waals surface area contributed by atoms with Gasteiger partial charge in [0.05, 0.1) is 22.3 Å². The summed E-state index contributed by atoms with van der Waals surface area (Å²) in [5, 5.41) is 2.38. The van der Waals surface area contributed by atoms with E-state index in [-0.39, 0.29) is 5.54 Å². The molecule has 0 N–H and O–H groups in total. The second kappa shape index (κ2) is 10.4. The summed E-state index contributed by atoms with van der Waals surface area (Å²) in [6.45, 7) is 6.85. The number of anilines is 2. The van der Waals surface area contributed by atoms with Crippen LogP contribution in [0.25, 0.3) is 49.8 Å². The zero-order valence-corrected chi connectivity index (χ0v) is 26.8. The molecule has 4 heteroatoms. The van der Waals surface area contributed by atoms with Gasteiger partial charge in [0.15, 0.2) is 0 Å². The molecule has 1 aliphatic heterocycles. The van der Waals surface area contributed by atoms with E-state index in [4.69, 9.17) is 0 Å². The number of hydrogen-bond donors (Lipinski definition) is 0. The average molecular weight is 607 g/mol. The molecule has 2 aliphatic rings. The molecule has 4 nitrogen and oxygen atoms in total. The summed E-state index contributed by atoms with van der Waals surface area (Å²) in [5.41, 5.74) is 15.9. The summed E-state index contributed by atoms with van der Waals surface area (Å²) in [4.78, 5) is 11.5. The summed E-state index contributed by atoms with van der Waals surface area (Å²) < 4.78 is 2.34. The fourth-order valence-corrected chi connectivity index (χ4v) is 7.94. The standard InChI is InChI=1S/C43H34N4/c1-28-23-35(31-16-19-43(3)39(25-31)38-27-45-21-18-42(38)47(43)33-12-8-5-9-13-33)29(2)22-34(28)30-14-15-40-36(24-30)37-26-44-20-17-41(37)46(40)32-10-6-4-7-11-32/h4-18,20-27H,19H2,1-3H3. The highest BCUT2D eigenvalue weighted by Gasteiger charge is 2.45. The Morgan fingerprint density at radius 1 is 0.638 bits per heavy atom. The fourth-order valence-electron chi connectivity index (χ4n) is 7.94. The first-order valence-electron chi connectivity index (χ1n) is 16.3. The Balaban J connectivity index is 1.13. The van der Waals surface area contributed by atoms with E-state index in [0.717, 1.165) is 17.5 Å². The first kappa shape index (κ1) is 27.6. The molecule has 4 aromatic carbocycles.